The van der Waals surface area contributed by atoms with Crippen LogP contribution in [0.15, 0.2) is 176 Å². The van der Waals surface area contributed by atoms with Crippen molar-refractivity contribution in [2.24, 2.45) is 0 Å². The number of pyridine rings is 1. The molecule has 4 aromatic heterocycles. The van der Waals surface area contributed by atoms with Crippen LogP contribution in [0.4, 0.5) is 0 Å². The predicted molar refractivity (Wildman–Crippen MR) is 216 cm³/mol. The lowest BCUT2D eigenvalue weighted by Crippen LogP contribution is -1.94. The molecule has 4 heterocycles. The van der Waals surface area contributed by atoms with Crippen LogP contribution in [0.2, 0.25) is 0 Å². The summed E-state index contributed by atoms with van der Waals surface area (Å²) in [4.78, 5) is 4.90. The molecule has 238 valence electrons. The van der Waals surface area contributed by atoms with Gasteiger partial charge in [-0.1, -0.05) is 115 Å². The number of aromatic nitrogens is 3. The van der Waals surface area contributed by atoms with E-state index in [0.29, 0.717) is 0 Å². The second kappa shape index (κ2) is 11.0. The minimum Gasteiger partial charge on any atom is -0.308 e. The molecule has 3 nitrogen and oxygen atoms in total. The fraction of sp³-hybridized carbons (Fsp3) is 0. The molecule has 7 aromatic carbocycles. The first kappa shape index (κ1) is 28.4. The Morgan fingerprint density at radius 2 is 1.10 bits per heavy atom. The zero-order chi connectivity index (χ0) is 33.5. The minimum absolute atomic E-state index is 0.947. The summed E-state index contributed by atoms with van der Waals surface area (Å²) in [6.07, 6.45) is 4.15. The van der Waals surface area contributed by atoms with E-state index in [1.54, 1.807) is 0 Å². The Balaban J connectivity index is 1.24. The van der Waals surface area contributed by atoms with Gasteiger partial charge < -0.3 is 8.97 Å². The van der Waals surface area contributed by atoms with Crippen molar-refractivity contribution < 1.29 is 0 Å². The van der Waals surface area contributed by atoms with Crippen molar-refractivity contribution in [3.8, 4) is 39.2 Å². The average molecular weight is 668 g/mol. The first-order valence-electron chi connectivity index (χ1n) is 17.3. The van der Waals surface area contributed by atoms with E-state index in [1.165, 1.54) is 75.0 Å². The van der Waals surface area contributed by atoms with Crippen molar-refractivity contribution >= 4 is 69.7 Å². The number of benzene rings is 7. The van der Waals surface area contributed by atoms with Gasteiger partial charge in [0.1, 0.15) is 5.65 Å². The highest BCUT2D eigenvalue weighted by molar-refractivity contribution is 7.27. The van der Waals surface area contributed by atoms with Gasteiger partial charge in [-0.05, 0) is 81.6 Å². The van der Waals surface area contributed by atoms with Gasteiger partial charge in [0.25, 0.3) is 0 Å². The largest absolute Gasteiger partial charge is 0.308 e. The second-order valence-electron chi connectivity index (χ2n) is 13.2. The van der Waals surface area contributed by atoms with E-state index in [0.717, 1.165) is 22.6 Å². The van der Waals surface area contributed by atoms with Crippen molar-refractivity contribution in [3.05, 3.63) is 176 Å². The molecule has 0 bridgehead atoms. The Morgan fingerprint density at radius 3 is 1.82 bits per heavy atom. The van der Waals surface area contributed by atoms with Gasteiger partial charge in [0.2, 0.25) is 0 Å². The summed E-state index contributed by atoms with van der Waals surface area (Å²) < 4.78 is 7.18. The lowest BCUT2D eigenvalue weighted by molar-refractivity contribution is 1.19. The van der Waals surface area contributed by atoms with Crippen molar-refractivity contribution in [1.29, 1.82) is 0 Å². The Kier molecular flexibility index (Phi) is 6.12. The second-order valence-corrected chi connectivity index (χ2v) is 14.3. The van der Waals surface area contributed by atoms with Crippen molar-refractivity contribution in [1.82, 2.24) is 14.0 Å². The number of hydrogen-bond acceptors (Lipinski definition) is 2. The summed E-state index contributed by atoms with van der Waals surface area (Å²) in [7, 11) is 0. The molecule has 11 aromatic rings. The van der Waals surface area contributed by atoms with Crippen LogP contribution < -0.4 is 0 Å². The van der Waals surface area contributed by atoms with Gasteiger partial charge in [-0.3, -0.25) is 0 Å². The van der Waals surface area contributed by atoms with Gasteiger partial charge in [-0.15, -0.1) is 11.3 Å². The third-order valence-corrected chi connectivity index (χ3v) is 11.5. The Hall–Kier alpha value is -6.49. The molecule has 0 aliphatic rings. The van der Waals surface area contributed by atoms with Gasteiger partial charge in [0, 0.05) is 49.9 Å². The molecule has 0 aliphatic carbocycles. The van der Waals surface area contributed by atoms with Crippen molar-refractivity contribution in [2.45, 2.75) is 0 Å². The molecule has 0 unspecified atom stereocenters. The normalized spacial score (nSPS) is 11.9. The van der Waals surface area contributed by atoms with E-state index >= 15 is 0 Å². The summed E-state index contributed by atoms with van der Waals surface area (Å²) in [6, 6.07) is 59.4. The molecule has 0 saturated heterocycles. The standard InChI is InChI=1S/C47H29N3S/c1-3-11-30(12-4-1)33-20-24-41-38(27-33)44-36-15-7-8-16-37(36)45-39-28-34(31-13-5-2-6-14-31)21-25-42(39)51-47(45)46(44)50(41)35-22-18-32(19-23-35)40-29-49-26-10-9-17-43(49)48-40/h1-29H. The molecule has 0 saturated carbocycles. The Labute approximate surface area is 297 Å². The van der Waals surface area contributed by atoms with E-state index in [1.807, 2.05) is 35.7 Å². The van der Waals surface area contributed by atoms with Crippen molar-refractivity contribution in [3.63, 3.8) is 0 Å². The zero-order valence-electron chi connectivity index (χ0n) is 27.5. The first-order valence-corrected chi connectivity index (χ1v) is 18.1. The van der Waals surface area contributed by atoms with Crippen LogP contribution in [0.25, 0.3) is 97.6 Å². The van der Waals surface area contributed by atoms with E-state index in [2.05, 4.69) is 161 Å². The summed E-state index contributed by atoms with van der Waals surface area (Å²) in [5, 5.41) is 7.76. The van der Waals surface area contributed by atoms with Crippen LogP contribution in [0.1, 0.15) is 0 Å². The van der Waals surface area contributed by atoms with E-state index in [9.17, 15) is 0 Å². The maximum Gasteiger partial charge on any atom is 0.137 e. The fourth-order valence-electron chi connectivity index (χ4n) is 7.97. The molecular formula is C47H29N3S. The average Bonchev–Trinajstić information content (AvgIpc) is 3.90. The van der Waals surface area contributed by atoms with Crippen LogP contribution in [0.3, 0.4) is 0 Å². The molecule has 0 amide bonds. The van der Waals surface area contributed by atoms with E-state index < -0.39 is 0 Å². The number of fused-ring (bicyclic) bond motifs is 11. The molecule has 0 aliphatic heterocycles. The lowest BCUT2D eigenvalue weighted by atomic mass is 9.96. The number of rotatable bonds is 4. The highest BCUT2D eigenvalue weighted by Gasteiger charge is 2.22. The zero-order valence-corrected chi connectivity index (χ0v) is 28.3. The fourth-order valence-corrected chi connectivity index (χ4v) is 9.21. The predicted octanol–water partition coefficient (Wildman–Crippen LogP) is 13.0. The number of thiophene rings is 1. The van der Waals surface area contributed by atoms with Gasteiger partial charge in [-0.25, -0.2) is 4.98 Å². The molecule has 0 N–H and O–H groups in total. The van der Waals surface area contributed by atoms with Gasteiger partial charge >= 0.3 is 0 Å². The van der Waals surface area contributed by atoms with Crippen molar-refractivity contribution in [2.75, 3.05) is 0 Å². The van der Waals surface area contributed by atoms with E-state index in [-0.39, 0.29) is 0 Å². The van der Waals surface area contributed by atoms with Crippen LogP contribution in [-0.4, -0.2) is 14.0 Å². The topological polar surface area (TPSA) is 22.2 Å². The maximum absolute atomic E-state index is 4.90. The molecule has 51 heavy (non-hydrogen) atoms. The SMILES string of the molecule is c1ccc(-c2ccc3sc4c(c3c2)c2ccccc2c2c3cc(-c5ccccc5)ccc3n(-c3ccc(-c5cn6ccccc6n5)cc3)c42)cc1. The summed E-state index contributed by atoms with van der Waals surface area (Å²) in [5.41, 5.74) is 11.5. The van der Waals surface area contributed by atoms with Gasteiger partial charge in [-0.2, -0.15) is 0 Å². The van der Waals surface area contributed by atoms with Crippen LogP contribution in [0, 0.1) is 0 Å². The molecule has 4 heteroatoms. The molecule has 0 fully saturated rings. The molecule has 11 rings (SSSR count). The Bertz CT molecular complexity index is 3080. The maximum atomic E-state index is 4.90. The van der Waals surface area contributed by atoms with Gasteiger partial charge in [0.05, 0.1) is 21.4 Å². The monoisotopic (exact) mass is 667 g/mol. The smallest absolute Gasteiger partial charge is 0.137 e. The number of imidazole rings is 1. The van der Waals surface area contributed by atoms with E-state index in [4.69, 9.17) is 4.98 Å². The molecular weight excluding hydrogens is 639 g/mol. The third kappa shape index (κ3) is 4.33. The van der Waals surface area contributed by atoms with Crippen LogP contribution in [-0.2, 0) is 0 Å². The number of hydrogen-bond donors (Lipinski definition) is 0. The van der Waals surface area contributed by atoms with Crippen LogP contribution >= 0.6 is 11.3 Å². The summed E-state index contributed by atoms with van der Waals surface area (Å²) in [5.74, 6) is 0. The van der Waals surface area contributed by atoms with Crippen LogP contribution in [0.5, 0.6) is 0 Å². The quantitative estimate of drug-likeness (QED) is 0.183. The number of nitrogens with zero attached hydrogens (tertiary/aromatic N) is 3. The summed E-state index contributed by atoms with van der Waals surface area (Å²) in [6.45, 7) is 0. The van der Waals surface area contributed by atoms with Gasteiger partial charge in [0.15, 0.2) is 0 Å². The first-order chi connectivity index (χ1) is 25.3. The molecule has 0 spiro atoms. The molecule has 0 radical (unpaired) electrons. The summed E-state index contributed by atoms with van der Waals surface area (Å²) >= 11 is 1.90. The lowest BCUT2D eigenvalue weighted by Gasteiger charge is -2.11. The molecule has 0 atom stereocenters. The Morgan fingerprint density at radius 1 is 0.471 bits per heavy atom. The highest BCUT2D eigenvalue weighted by atomic mass is 32.1. The third-order valence-electron chi connectivity index (χ3n) is 10.3. The highest BCUT2D eigenvalue weighted by Crippen LogP contribution is 2.49. The minimum atomic E-state index is 0.947.